The summed E-state index contributed by atoms with van der Waals surface area (Å²) in [5, 5.41) is 2.43. The molecule has 3 N–H and O–H groups in total. The van der Waals surface area contributed by atoms with Gasteiger partial charge in [-0.2, -0.15) is 0 Å². The lowest BCUT2D eigenvalue weighted by molar-refractivity contribution is 0.0977. The SMILES string of the molecule is NC(=S)NC(=O)c1cc(Cl)c(OCc2c(F)cccc2Cl)c(Cl)c1. The van der Waals surface area contributed by atoms with E-state index in [9.17, 15) is 9.18 Å². The van der Waals surface area contributed by atoms with Crippen molar-refractivity contribution in [2.24, 2.45) is 5.73 Å². The first-order valence-electron chi connectivity index (χ1n) is 6.45. The molecule has 0 saturated heterocycles. The highest BCUT2D eigenvalue weighted by Gasteiger charge is 2.16. The maximum absolute atomic E-state index is 13.7. The van der Waals surface area contributed by atoms with Crippen molar-refractivity contribution in [3.05, 3.63) is 62.3 Å². The van der Waals surface area contributed by atoms with E-state index in [-0.39, 0.29) is 43.7 Å². The van der Waals surface area contributed by atoms with Crippen LogP contribution < -0.4 is 15.8 Å². The Morgan fingerprint density at radius 1 is 1.21 bits per heavy atom. The number of thiocarbonyl (C=S) groups is 1. The number of benzene rings is 2. The van der Waals surface area contributed by atoms with Gasteiger partial charge < -0.3 is 10.5 Å². The molecule has 0 unspecified atom stereocenters. The smallest absolute Gasteiger partial charge is 0.257 e. The van der Waals surface area contributed by atoms with Crippen LogP contribution in [0.4, 0.5) is 4.39 Å². The van der Waals surface area contributed by atoms with Gasteiger partial charge in [-0.3, -0.25) is 10.1 Å². The number of amides is 1. The summed E-state index contributed by atoms with van der Waals surface area (Å²) in [6.07, 6.45) is 0. The van der Waals surface area contributed by atoms with E-state index in [0.717, 1.165) is 0 Å². The van der Waals surface area contributed by atoms with E-state index in [1.807, 2.05) is 0 Å². The Hall–Kier alpha value is -1.60. The second-order valence-corrected chi connectivity index (χ2v) is 6.24. The third-order valence-electron chi connectivity index (χ3n) is 2.92. The predicted molar refractivity (Wildman–Crippen MR) is 96.5 cm³/mol. The van der Waals surface area contributed by atoms with Crippen molar-refractivity contribution in [3.63, 3.8) is 0 Å². The third kappa shape index (κ3) is 4.48. The number of halogens is 4. The fraction of sp³-hybridized carbons (Fsp3) is 0.0667. The highest BCUT2D eigenvalue weighted by molar-refractivity contribution is 7.80. The van der Waals surface area contributed by atoms with E-state index < -0.39 is 11.7 Å². The zero-order valence-electron chi connectivity index (χ0n) is 11.9. The van der Waals surface area contributed by atoms with Crippen LogP contribution in [0.15, 0.2) is 30.3 Å². The first kappa shape index (κ1) is 18.7. The van der Waals surface area contributed by atoms with Crippen molar-refractivity contribution < 1.29 is 13.9 Å². The molecule has 9 heteroatoms. The molecule has 0 aliphatic rings. The topological polar surface area (TPSA) is 64.3 Å². The first-order valence-corrected chi connectivity index (χ1v) is 7.99. The fourth-order valence-corrected chi connectivity index (χ4v) is 2.73. The van der Waals surface area contributed by atoms with E-state index in [2.05, 4.69) is 17.5 Å². The molecule has 0 atom stereocenters. The molecule has 0 aromatic heterocycles. The van der Waals surface area contributed by atoms with Crippen LogP contribution in [0, 0.1) is 5.82 Å². The van der Waals surface area contributed by atoms with Gasteiger partial charge in [-0.15, -0.1) is 0 Å². The molecule has 0 radical (unpaired) electrons. The minimum Gasteiger partial charge on any atom is -0.486 e. The minimum atomic E-state index is -0.560. The average molecular weight is 408 g/mol. The maximum atomic E-state index is 13.7. The Morgan fingerprint density at radius 2 is 1.83 bits per heavy atom. The van der Waals surface area contributed by atoms with Crippen LogP contribution in [0.2, 0.25) is 15.1 Å². The van der Waals surface area contributed by atoms with Gasteiger partial charge in [0.2, 0.25) is 0 Å². The Morgan fingerprint density at radius 3 is 2.38 bits per heavy atom. The molecule has 2 aromatic carbocycles. The Bertz CT molecular complexity index is 774. The summed E-state index contributed by atoms with van der Waals surface area (Å²) in [7, 11) is 0. The highest BCUT2D eigenvalue weighted by atomic mass is 35.5. The number of hydrogen-bond acceptors (Lipinski definition) is 3. The van der Waals surface area contributed by atoms with E-state index in [1.165, 1.54) is 30.3 Å². The standard InChI is InChI=1S/C15H10Cl3FN2O2S/c16-9-2-1-3-12(19)8(9)6-23-13-10(17)4-7(5-11(13)18)14(22)21-15(20)24/h1-5H,6H2,(H3,20,21,22,24). The average Bonchev–Trinajstić information content (AvgIpc) is 2.48. The number of hydrogen-bond donors (Lipinski definition) is 2. The van der Waals surface area contributed by atoms with E-state index in [4.69, 9.17) is 45.3 Å². The van der Waals surface area contributed by atoms with Crippen molar-refractivity contribution in [1.82, 2.24) is 5.32 Å². The summed E-state index contributed by atoms with van der Waals surface area (Å²) in [5.74, 6) is -0.971. The molecule has 0 bridgehead atoms. The zero-order chi connectivity index (χ0) is 17.9. The Balaban J connectivity index is 2.23. The highest BCUT2D eigenvalue weighted by Crippen LogP contribution is 2.35. The molecular formula is C15H10Cl3FN2O2S. The third-order valence-corrected chi connectivity index (χ3v) is 3.94. The molecule has 4 nitrogen and oxygen atoms in total. The summed E-state index contributed by atoms with van der Waals surface area (Å²) < 4.78 is 19.2. The molecule has 0 heterocycles. The number of carbonyl (C=O) groups excluding carboxylic acids is 1. The maximum Gasteiger partial charge on any atom is 0.257 e. The second-order valence-electron chi connectivity index (χ2n) is 4.58. The number of nitrogens with two attached hydrogens (primary N) is 1. The summed E-state index contributed by atoms with van der Waals surface area (Å²) in [4.78, 5) is 11.8. The molecule has 126 valence electrons. The molecule has 2 rings (SSSR count). The normalized spacial score (nSPS) is 10.3. The lowest BCUT2D eigenvalue weighted by Gasteiger charge is -2.13. The number of rotatable bonds is 4. The van der Waals surface area contributed by atoms with Gasteiger partial charge in [-0.05, 0) is 36.5 Å². The number of carbonyl (C=O) groups is 1. The van der Waals surface area contributed by atoms with Gasteiger partial charge in [0.1, 0.15) is 12.4 Å². The summed E-state index contributed by atoms with van der Waals surface area (Å²) in [6.45, 7) is -0.177. The molecular weight excluding hydrogens is 398 g/mol. The number of ether oxygens (including phenoxy) is 1. The zero-order valence-corrected chi connectivity index (χ0v) is 15.0. The fourth-order valence-electron chi connectivity index (χ4n) is 1.83. The van der Waals surface area contributed by atoms with Crippen molar-refractivity contribution >= 4 is 58.0 Å². The van der Waals surface area contributed by atoms with Gasteiger partial charge in [0, 0.05) is 11.1 Å². The minimum absolute atomic E-state index is 0.0723. The van der Waals surface area contributed by atoms with E-state index in [0.29, 0.717) is 0 Å². The van der Waals surface area contributed by atoms with Gasteiger partial charge in [-0.25, -0.2) is 4.39 Å². The lowest BCUT2D eigenvalue weighted by atomic mass is 10.2. The Kier molecular flexibility index (Phi) is 6.23. The van der Waals surface area contributed by atoms with Crippen LogP contribution >= 0.6 is 47.0 Å². The Labute approximate surface area is 157 Å². The summed E-state index contributed by atoms with van der Waals surface area (Å²) >= 11 is 22.7. The van der Waals surface area contributed by atoms with E-state index >= 15 is 0 Å². The van der Waals surface area contributed by atoms with Crippen LogP contribution in [-0.2, 0) is 6.61 Å². The molecule has 0 fully saturated rings. The van der Waals surface area contributed by atoms with Gasteiger partial charge in [0.05, 0.1) is 15.1 Å². The molecule has 2 aromatic rings. The molecule has 1 amide bonds. The van der Waals surface area contributed by atoms with Crippen molar-refractivity contribution in [3.8, 4) is 5.75 Å². The van der Waals surface area contributed by atoms with Gasteiger partial charge in [0.25, 0.3) is 5.91 Å². The molecule has 0 aliphatic carbocycles. The predicted octanol–water partition coefficient (Wildman–Crippen LogP) is 4.34. The van der Waals surface area contributed by atoms with Crippen LogP contribution in [0.25, 0.3) is 0 Å². The van der Waals surface area contributed by atoms with Crippen LogP contribution in [-0.4, -0.2) is 11.0 Å². The van der Waals surface area contributed by atoms with Crippen LogP contribution in [0.5, 0.6) is 5.75 Å². The van der Waals surface area contributed by atoms with Crippen molar-refractivity contribution in [1.29, 1.82) is 0 Å². The molecule has 0 saturated carbocycles. The van der Waals surface area contributed by atoms with E-state index in [1.54, 1.807) is 0 Å². The largest absolute Gasteiger partial charge is 0.486 e. The van der Waals surface area contributed by atoms with Crippen molar-refractivity contribution in [2.75, 3.05) is 0 Å². The molecule has 0 aliphatic heterocycles. The lowest BCUT2D eigenvalue weighted by Crippen LogP contribution is -2.34. The van der Waals surface area contributed by atoms with Crippen molar-refractivity contribution in [2.45, 2.75) is 6.61 Å². The second kappa shape index (κ2) is 7.98. The quantitative estimate of drug-likeness (QED) is 0.740. The molecule has 24 heavy (non-hydrogen) atoms. The summed E-state index contributed by atoms with van der Waals surface area (Å²) in [6, 6.07) is 6.95. The number of nitrogens with one attached hydrogen (secondary N) is 1. The first-order chi connectivity index (χ1) is 11.3. The van der Waals surface area contributed by atoms with Crippen LogP contribution in [0.1, 0.15) is 15.9 Å². The summed E-state index contributed by atoms with van der Waals surface area (Å²) in [5.41, 5.74) is 5.55. The monoisotopic (exact) mass is 406 g/mol. The van der Waals surface area contributed by atoms with Gasteiger partial charge in [-0.1, -0.05) is 40.9 Å². The van der Waals surface area contributed by atoms with Gasteiger partial charge in [0.15, 0.2) is 10.9 Å². The van der Waals surface area contributed by atoms with Crippen LogP contribution in [0.3, 0.4) is 0 Å². The van der Waals surface area contributed by atoms with Gasteiger partial charge >= 0.3 is 0 Å². The molecule has 0 spiro atoms.